The first-order chi connectivity index (χ1) is 5.75. The van der Waals surface area contributed by atoms with Gasteiger partial charge >= 0.3 is 0 Å². The van der Waals surface area contributed by atoms with E-state index in [9.17, 15) is 0 Å². The molecule has 12 heavy (non-hydrogen) atoms. The van der Waals surface area contributed by atoms with Crippen molar-refractivity contribution in [2.75, 3.05) is 0 Å². The van der Waals surface area contributed by atoms with Gasteiger partial charge in [-0.1, -0.05) is 0 Å². The lowest BCUT2D eigenvalue weighted by molar-refractivity contribution is 0.109. The van der Waals surface area contributed by atoms with Crippen molar-refractivity contribution in [2.45, 2.75) is 45.2 Å². The molecule has 66 valence electrons. The number of nitrogens with zero attached hydrogens (tertiary/aromatic N) is 3. The van der Waals surface area contributed by atoms with Gasteiger partial charge in [0.25, 0.3) is 0 Å². The van der Waals surface area contributed by atoms with Crippen LogP contribution in [0.15, 0.2) is 5.10 Å². The molecule has 2 atom stereocenters. The van der Waals surface area contributed by atoms with Gasteiger partial charge in [0.05, 0.1) is 0 Å². The molecule has 1 aliphatic heterocycles. The minimum atomic E-state index is 0.485. The standard InChI is InChI=1S/C9H15N3/c1-8-4-3-5-9(2)12(8)11-7-6-10/h7-9H,3-5H2,1-2H3/b11-7+/t8-,9+. The average molecular weight is 165 g/mol. The summed E-state index contributed by atoms with van der Waals surface area (Å²) < 4.78 is 0. The predicted molar refractivity (Wildman–Crippen MR) is 48.7 cm³/mol. The Morgan fingerprint density at radius 1 is 1.42 bits per heavy atom. The van der Waals surface area contributed by atoms with Gasteiger partial charge in [-0.25, -0.2) is 0 Å². The zero-order valence-corrected chi connectivity index (χ0v) is 7.70. The van der Waals surface area contributed by atoms with Crippen molar-refractivity contribution in [2.24, 2.45) is 5.10 Å². The molecule has 1 aliphatic rings. The van der Waals surface area contributed by atoms with Crippen LogP contribution in [0.5, 0.6) is 0 Å². The molecule has 0 N–H and O–H groups in total. The van der Waals surface area contributed by atoms with Crippen LogP contribution < -0.4 is 0 Å². The lowest BCUT2D eigenvalue weighted by Gasteiger charge is -2.36. The highest BCUT2D eigenvalue weighted by Crippen LogP contribution is 2.21. The first-order valence-electron chi connectivity index (χ1n) is 4.46. The van der Waals surface area contributed by atoms with Gasteiger partial charge in [-0.05, 0) is 33.1 Å². The summed E-state index contributed by atoms with van der Waals surface area (Å²) in [6, 6.07) is 2.89. The molecule has 0 radical (unpaired) electrons. The maximum absolute atomic E-state index is 8.34. The SMILES string of the molecule is C[C@@H]1CCC[C@H](C)N1/N=C/C#N. The Morgan fingerprint density at radius 3 is 2.50 bits per heavy atom. The second-order valence-corrected chi connectivity index (χ2v) is 3.38. The minimum Gasteiger partial charge on any atom is -0.291 e. The molecule has 0 aromatic rings. The van der Waals surface area contributed by atoms with E-state index in [0.29, 0.717) is 12.1 Å². The molecule has 0 spiro atoms. The minimum absolute atomic E-state index is 0.485. The number of hydrogen-bond acceptors (Lipinski definition) is 3. The maximum Gasteiger partial charge on any atom is 0.124 e. The van der Waals surface area contributed by atoms with E-state index in [0.717, 1.165) is 0 Å². The van der Waals surface area contributed by atoms with Crippen LogP contribution in [0.4, 0.5) is 0 Å². The highest BCUT2D eigenvalue weighted by atomic mass is 15.5. The van der Waals surface area contributed by atoms with Crippen molar-refractivity contribution in [1.82, 2.24) is 5.01 Å². The van der Waals surface area contributed by atoms with E-state index in [4.69, 9.17) is 5.26 Å². The van der Waals surface area contributed by atoms with Crippen LogP contribution >= 0.6 is 0 Å². The average Bonchev–Trinajstić information content (AvgIpc) is 2.04. The van der Waals surface area contributed by atoms with E-state index in [2.05, 4.69) is 18.9 Å². The van der Waals surface area contributed by atoms with E-state index in [1.807, 2.05) is 11.1 Å². The Hall–Kier alpha value is -1.04. The number of hydrogen-bond donors (Lipinski definition) is 0. The molecule has 1 heterocycles. The van der Waals surface area contributed by atoms with E-state index < -0.39 is 0 Å². The second-order valence-electron chi connectivity index (χ2n) is 3.38. The van der Waals surface area contributed by atoms with Gasteiger partial charge in [0.1, 0.15) is 12.3 Å². The molecule has 1 rings (SSSR count). The van der Waals surface area contributed by atoms with Crippen molar-refractivity contribution >= 4 is 6.21 Å². The zero-order valence-electron chi connectivity index (χ0n) is 7.70. The third-order valence-electron chi connectivity index (χ3n) is 2.40. The zero-order chi connectivity index (χ0) is 8.97. The van der Waals surface area contributed by atoms with E-state index in [1.165, 1.54) is 25.5 Å². The van der Waals surface area contributed by atoms with Crippen LogP contribution in [-0.4, -0.2) is 23.3 Å². The molecule has 3 heteroatoms. The summed E-state index contributed by atoms with van der Waals surface area (Å²) in [6.07, 6.45) is 4.97. The van der Waals surface area contributed by atoms with Crippen molar-refractivity contribution < 1.29 is 0 Å². The maximum atomic E-state index is 8.34. The van der Waals surface area contributed by atoms with Crippen LogP contribution in [-0.2, 0) is 0 Å². The first-order valence-corrected chi connectivity index (χ1v) is 4.46. The summed E-state index contributed by atoms with van der Waals surface area (Å²) in [5, 5.41) is 14.5. The van der Waals surface area contributed by atoms with Crippen molar-refractivity contribution in [1.29, 1.82) is 5.26 Å². The van der Waals surface area contributed by atoms with Crippen LogP contribution in [0, 0.1) is 11.3 Å². The highest BCUT2D eigenvalue weighted by Gasteiger charge is 2.22. The molecule has 0 bridgehead atoms. The van der Waals surface area contributed by atoms with Gasteiger partial charge < -0.3 is 0 Å². The van der Waals surface area contributed by atoms with Gasteiger partial charge in [0.15, 0.2) is 0 Å². The predicted octanol–water partition coefficient (Wildman–Crippen LogP) is 1.76. The summed E-state index contributed by atoms with van der Waals surface area (Å²) in [6.45, 7) is 4.31. The lowest BCUT2D eigenvalue weighted by Crippen LogP contribution is -2.39. The molecule has 0 aromatic heterocycles. The molecular weight excluding hydrogens is 150 g/mol. The molecular formula is C9H15N3. The van der Waals surface area contributed by atoms with Gasteiger partial charge in [0.2, 0.25) is 0 Å². The van der Waals surface area contributed by atoms with Crippen molar-refractivity contribution in [3.63, 3.8) is 0 Å². The van der Waals surface area contributed by atoms with Gasteiger partial charge in [-0.2, -0.15) is 10.4 Å². The van der Waals surface area contributed by atoms with E-state index >= 15 is 0 Å². The first kappa shape index (κ1) is 9.05. The summed E-state index contributed by atoms with van der Waals surface area (Å²) >= 11 is 0. The second kappa shape index (κ2) is 4.10. The molecule has 1 fully saturated rings. The normalized spacial score (nSPS) is 30.6. The Labute approximate surface area is 73.7 Å². The summed E-state index contributed by atoms with van der Waals surface area (Å²) in [5.41, 5.74) is 0. The molecule has 0 aliphatic carbocycles. The smallest absolute Gasteiger partial charge is 0.124 e. The van der Waals surface area contributed by atoms with Crippen molar-refractivity contribution in [3.8, 4) is 6.07 Å². The highest BCUT2D eigenvalue weighted by molar-refractivity contribution is 5.74. The number of piperidine rings is 1. The molecule has 0 aromatic carbocycles. The Morgan fingerprint density at radius 2 is 2.00 bits per heavy atom. The third kappa shape index (κ3) is 1.97. The number of nitriles is 1. The fourth-order valence-electron chi connectivity index (χ4n) is 1.73. The molecule has 0 saturated carbocycles. The van der Waals surface area contributed by atoms with Crippen LogP contribution in [0.25, 0.3) is 0 Å². The Kier molecular flexibility index (Phi) is 3.09. The van der Waals surface area contributed by atoms with E-state index in [1.54, 1.807) is 0 Å². The summed E-state index contributed by atoms with van der Waals surface area (Å²) in [4.78, 5) is 0. The summed E-state index contributed by atoms with van der Waals surface area (Å²) in [5.74, 6) is 0. The lowest BCUT2D eigenvalue weighted by atomic mass is 10.00. The monoisotopic (exact) mass is 165 g/mol. The molecule has 1 saturated heterocycles. The molecule has 0 amide bonds. The number of hydrazone groups is 1. The fourth-order valence-corrected chi connectivity index (χ4v) is 1.73. The fraction of sp³-hybridized carbons (Fsp3) is 0.778. The van der Waals surface area contributed by atoms with E-state index in [-0.39, 0.29) is 0 Å². The molecule has 3 nitrogen and oxygen atoms in total. The van der Waals surface area contributed by atoms with Crippen LogP contribution in [0.3, 0.4) is 0 Å². The topological polar surface area (TPSA) is 39.4 Å². The van der Waals surface area contributed by atoms with Gasteiger partial charge in [-0.15, -0.1) is 0 Å². The van der Waals surface area contributed by atoms with Crippen LogP contribution in [0.1, 0.15) is 33.1 Å². The van der Waals surface area contributed by atoms with Gasteiger partial charge in [-0.3, -0.25) is 5.01 Å². The Bertz CT molecular complexity index is 194. The summed E-state index contributed by atoms with van der Waals surface area (Å²) in [7, 11) is 0. The molecule has 0 unspecified atom stereocenters. The third-order valence-corrected chi connectivity index (χ3v) is 2.40. The Balaban J connectivity index is 2.58. The van der Waals surface area contributed by atoms with Crippen LogP contribution in [0.2, 0.25) is 0 Å². The largest absolute Gasteiger partial charge is 0.291 e. The quantitative estimate of drug-likeness (QED) is 0.555. The van der Waals surface area contributed by atoms with Crippen molar-refractivity contribution in [3.05, 3.63) is 0 Å². The van der Waals surface area contributed by atoms with Gasteiger partial charge in [0, 0.05) is 12.1 Å². The number of rotatable bonds is 1.